The van der Waals surface area contributed by atoms with Crippen molar-refractivity contribution >= 4 is 29.9 Å². The Labute approximate surface area is 197 Å². The maximum Gasteiger partial charge on any atom is 0.191 e. The second-order valence-corrected chi connectivity index (χ2v) is 7.09. The SMILES string of the molecule is CCNC(=NCc1cccc(Cn2ccnc2C)c1)NCc1ccccc1CC.I. The zero-order chi connectivity index (χ0) is 20.5. The van der Waals surface area contributed by atoms with Crippen LogP contribution >= 0.6 is 24.0 Å². The molecule has 0 fully saturated rings. The average molecular weight is 517 g/mol. The Morgan fingerprint density at radius 1 is 1.00 bits per heavy atom. The van der Waals surface area contributed by atoms with Crippen LogP contribution in [-0.4, -0.2) is 22.1 Å². The van der Waals surface area contributed by atoms with Crippen LogP contribution in [0.25, 0.3) is 0 Å². The molecule has 160 valence electrons. The molecule has 0 amide bonds. The van der Waals surface area contributed by atoms with Gasteiger partial charge in [-0.1, -0.05) is 55.5 Å². The summed E-state index contributed by atoms with van der Waals surface area (Å²) in [5, 5.41) is 6.81. The average Bonchev–Trinajstić information content (AvgIpc) is 3.15. The van der Waals surface area contributed by atoms with Crippen molar-refractivity contribution in [1.82, 2.24) is 20.2 Å². The van der Waals surface area contributed by atoms with Crippen LogP contribution in [-0.2, 0) is 26.1 Å². The standard InChI is InChI=1S/C24H31N5.HI/c1-4-22-11-6-7-12-23(22)17-28-24(25-5-2)27-16-20-9-8-10-21(15-20)18-29-14-13-26-19(29)3;/h6-15H,4-5,16-18H2,1-3H3,(H2,25,27,28);1H. The van der Waals surface area contributed by atoms with Crippen LogP contribution in [0.2, 0.25) is 0 Å². The van der Waals surface area contributed by atoms with Gasteiger partial charge in [-0.3, -0.25) is 0 Å². The van der Waals surface area contributed by atoms with Crippen molar-refractivity contribution in [1.29, 1.82) is 0 Å². The van der Waals surface area contributed by atoms with E-state index in [4.69, 9.17) is 4.99 Å². The van der Waals surface area contributed by atoms with Crippen LogP contribution < -0.4 is 10.6 Å². The van der Waals surface area contributed by atoms with Crippen LogP contribution in [0.5, 0.6) is 0 Å². The summed E-state index contributed by atoms with van der Waals surface area (Å²) < 4.78 is 2.15. The van der Waals surface area contributed by atoms with Gasteiger partial charge in [0.2, 0.25) is 0 Å². The molecular weight excluding hydrogens is 485 g/mol. The third-order valence-corrected chi connectivity index (χ3v) is 4.98. The highest BCUT2D eigenvalue weighted by Gasteiger charge is 2.03. The molecule has 0 aliphatic rings. The molecule has 2 N–H and O–H groups in total. The van der Waals surface area contributed by atoms with Gasteiger partial charge in [0.15, 0.2) is 5.96 Å². The van der Waals surface area contributed by atoms with Crippen LogP contribution in [0, 0.1) is 6.92 Å². The molecule has 0 radical (unpaired) electrons. The third-order valence-electron chi connectivity index (χ3n) is 4.98. The van der Waals surface area contributed by atoms with E-state index in [1.807, 2.05) is 19.3 Å². The fourth-order valence-electron chi connectivity index (χ4n) is 3.36. The topological polar surface area (TPSA) is 54.2 Å². The lowest BCUT2D eigenvalue weighted by atomic mass is 10.1. The lowest BCUT2D eigenvalue weighted by Crippen LogP contribution is -2.37. The number of aryl methyl sites for hydroxylation is 2. The van der Waals surface area contributed by atoms with Gasteiger partial charge >= 0.3 is 0 Å². The summed E-state index contributed by atoms with van der Waals surface area (Å²) in [6.07, 6.45) is 4.89. The molecule has 6 heteroatoms. The van der Waals surface area contributed by atoms with Gasteiger partial charge in [0.25, 0.3) is 0 Å². The molecule has 1 heterocycles. The molecule has 3 aromatic rings. The molecule has 30 heavy (non-hydrogen) atoms. The van der Waals surface area contributed by atoms with Crippen LogP contribution in [0.4, 0.5) is 0 Å². The summed E-state index contributed by atoms with van der Waals surface area (Å²) in [5.41, 5.74) is 5.15. The van der Waals surface area contributed by atoms with E-state index >= 15 is 0 Å². The van der Waals surface area contributed by atoms with Gasteiger partial charge in [0, 0.05) is 32.0 Å². The second-order valence-electron chi connectivity index (χ2n) is 7.09. The Kier molecular flexibility index (Phi) is 9.86. The van der Waals surface area contributed by atoms with Crippen molar-refractivity contribution in [2.45, 2.75) is 46.8 Å². The van der Waals surface area contributed by atoms with Gasteiger partial charge in [-0.2, -0.15) is 0 Å². The molecular formula is C24H32IN5. The number of aromatic nitrogens is 2. The number of aliphatic imine (C=N–C) groups is 1. The number of guanidine groups is 1. The van der Waals surface area contributed by atoms with Crippen molar-refractivity contribution in [2.75, 3.05) is 6.54 Å². The number of imidazole rings is 1. The molecule has 0 aliphatic carbocycles. The van der Waals surface area contributed by atoms with Gasteiger partial charge in [0.1, 0.15) is 5.82 Å². The molecule has 0 saturated carbocycles. The summed E-state index contributed by atoms with van der Waals surface area (Å²) in [6, 6.07) is 17.2. The van der Waals surface area contributed by atoms with Gasteiger partial charge in [-0.05, 0) is 42.5 Å². The number of nitrogens with one attached hydrogen (secondary N) is 2. The van der Waals surface area contributed by atoms with E-state index in [1.54, 1.807) is 0 Å². The van der Waals surface area contributed by atoms with Gasteiger partial charge in [-0.25, -0.2) is 9.98 Å². The van der Waals surface area contributed by atoms with E-state index in [1.165, 1.54) is 22.3 Å². The van der Waals surface area contributed by atoms with E-state index in [2.05, 4.69) is 82.6 Å². The lowest BCUT2D eigenvalue weighted by Gasteiger charge is -2.13. The maximum atomic E-state index is 4.79. The fourth-order valence-corrected chi connectivity index (χ4v) is 3.36. The Bertz CT molecular complexity index is 948. The molecule has 1 aromatic heterocycles. The van der Waals surface area contributed by atoms with Gasteiger partial charge < -0.3 is 15.2 Å². The van der Waals surface area contributed by atoms with Crippen molar-refractivity contribution in [3.8, 4) is 0 Å². The molecule has 3 rings (SSSR count). The first kappa shape index (κ1) is 23.9. The predicted molar refractivity (Wildman–Crippen MR) is 135 cm³/mol. The van der Waals surface area contributed by atoms with Crippen molar-refractivity contribution < 1.29 is 0 Å². The van der Waals surface area contributed by atoms with E-state index in [-0.39, 0.29) is 24.0 Å². The first-order valence-corrected chi connectivity index (χ1v) is 10.3. The number of rotatable bonds is 8. The van der Waals surface area contributed by atoms with Crippen molar-refractivity contribution in [3.05, 3.63) is 89.0 Å². The molecule has 0 saturated heterocycles. The molecule has 0 unspecified atom stereocenters. The third kappa shape index (κ3) is 6.86. The van der Waals surface area contributed by atoms with E-state index in [9.17, 15) is 0 Å². The molecule has 5 nitrogen and oxygen atoms in total. The molecule has 0 spiro atoms. The molecule has 2 aromatic carbocycles. The van der Waals surface area contributed by atoms with Crippen molar-refractivity contribution in [2.24, 2.45) is 4.99 Å². The van der Waals surface area contributed by atoms with E-state index in [0.717, 1.165) is 37.8 Å². The van der Waals surface area contributed by atoms with Gasteiger partial charge in [0.05, 0.1) is 6.54 Å². The molecule has 0 bridgehead atoms. The Morgan fingerprint density at radius 2 is 1.77 bits per heavy atom. The minimum atomic E-state index is 0. The van der Waals surface area contributed by atoms with Crippen LogP contribution in [0.3, 0.4) is 0 Å². The number of hydrogen-bond acceptors (Lipinski definition) is 2. The van der Waals surface area contributed by atoms with Crippen LogP contribution in [0.1, 0.15) is 41.9 Å². The lowest BCUT2D eigenvalue weighted by molar-refractivity contribution is 0.760. The number of nitrogens with zero attached hydrogens (tertiary/aromatic N) is 3. The highest BCUT2D eigenvalue weighted by molar-refractivity contribution is 14.0. The van der Waals surface area contributed by atoms with Gasteiger partial charge in [-0.15, -0.1) is 24.0 Å². The Hall–Kier alpha value is -2.35. The predicted octanol–water partition coefficient (Wildman–Crippen LogP) is 4.68. The Morgan fingerprint density at radius 3 is 2.47 bits per heavy atom. The van der Waals surface area contributed by atoms with E-state index in [0.29, 0.717) is 6.54 Å². The second kappa shape index (κ2) is 12.4. The summed E-state index contributed by atoms with van der Waals surface area (Å²) in [6.45, 7) is 9.38. The quantitative estimate of drug-likeness (QED) is 0.259. The van der Waals surface area contributed by atoms with Crippen LogP contribution in [0.15, 0.2) is 65.9 Å². The molecule has 0 aliphatic heterocycles. The summed E-state index contributed by atoms with van der Waals surface area (Å²) in [5.74, 6) is 1.87. The minimum absolute atomic E-state index is 0. The maximum absolute atomic E-state index is 4.79. The number of benzene rings is 2. The zero-order valence-electron chi connectivity index (χ0n) is 18.1. The Balaban J connectivity index is 0.00000320. The first-order chi connectivity index (χ1) is 14.2. The van der Waals surface area contributed by atoms with E-state index < -0.39 is 0 Å². The summed E-state index contributed by atoms with van der Waals surface area (Å²) in [4.78, 5) is 9.08. The first-order valence-electron chi connectivity index (χ1n) is 10.3. The highest BCUT2D eigenvalue weighted by atomic mass is 127. The number of halogens is 1. The highest BCUT2D eigenvalue weighted by Crippen LogP contribution is 2.11. The smallest absolute Gasteiger partial charge is 0.191 e. The summed E-state index contributed by atoms with van der Waals surface area (Å²) >= 11 is 0. The summed E-state index contributed by atoms with van der Waals surface area (Å²) in [7, 11) is 0. The fraction of sp³-hybridized carbons (Fsp3) is 0.333. The zero-order valence-corrected chi connectivity index (χ0v) is 20.4. The molecule has 0 atom stereocenters. The van der Waals surface area contributed by atoms with Crippen molar-refractivity contribution in [3.63, 3.8) is 0 Å². The largest absolute Gasteiger partial charge is 0.357 e. The monoisotopic (exact) mass is 517 g/mol. The normalized spacial score (nSPS) is 11.1. The minimum Gasteiger partial charge on any atom is -0.357 e. The number of hydrogen-bond donors (Lipinski definition) is 2.